The molecule has 2 heterocycles. The lowest BCUT2D eigenvalue weighted by Gasteiger charge is -2.18. The summed E-state index contributed by atoms with van der Waals surface area (Å²) in [6, 6.07) is 9.67. The van der Waals surface area contributed by atoms with E-state index in [4.69, 9.17) is 9.47 Å². The predicted octanol–water partition coefficient (Wildman–Crippen LogP) is 4.00. The van der Waals surface area contributed by atoms with Gasteiger partial charge in [-0.1, -0.05) is 12.2 Å². The van der Waals surface area contributed by atoms with Crippen LogP contribution in [0.5, 0.6) is 11.5 Å². The molecule has 5 heteroatoms. The average Bonchev–Trinajstić information content (AvgIpc) is 3.10. The number of benzene rings is 1. The highest BCUT2D eigenvalue weighted by Gasteiger charge is 2.17. The molecule has 0 saturated heterocycles. The third kappa shape index (κ3) is 3.36. The Kier molecular flexibility index (Phi) is 5.01. The SMILES string of the molecule is C=CCN(CC=C)C(=O)c1ccc(-c2ccc3c(c2)OCCO3)s1. The molecular formula is C19H19NO3S. The second-order valence-electron chi connectivity index (χ2n) is 5.31. The zero-order chi connectivity index (χ0) is 16.9. The zero-order valence-corrected chi connectivity index (χ0v) is 14.2. The summed E-state index contributed by atoms with van der Waals surface area (Å²) in [5.74, 6) is 1.50. The third-order valence-corrected chi connectivity index (χ3v) is 4.75. The van der Waals surface area contributed by atoms with E-state index < -0.39 is 0 Å². The monoisotopic (exact) mass is 341 g/mol. The summed E-state index contributed by atoms with van der Waals surface area (Å²) in [5, 5.41) is 0. The first-order valence-electron chi connectivity index (χ1n) is 7.74. The highest BCUT2D eigenvalue weighted by Crippen LogP contribution is 2.37. The first-order valence-corrected chi connectivity index (χ1v) is 8.55. The lowest BCUT2D eigenvalue weighted by atomic mass is 10.1. The van der Waals surface area contributed by atoms with E-state index in [1.54, 1.807) is 17.1 Å². The minimum atomic E-state index is -0.0106. The normalized spacial score (nSPS) is 12.5. The molecule has 124 valence electrons. The van der Waals surface area contributed by atoms with Gasteiger partial charge in [0.25, 0.3) is 5.91 Å². The van der Waals surface area contributed by atoms with Crippen LogP contribution in [0.1, 0.15) is 9.67 Å². The second-order valence-corrected chi connectivity index (χ2v) is 6.39. The van der Waals surface area contributed by atoms with Crippen LogP contribution in [0.3, 0.4) is 0 Å². The summed E-state index contributed by atoms with van der Waals surface area (Å²) in [6.07, 6.45) is 3.44. The van der Waals surface area contributed by atoms with Crippen LogP contribution in [0.25, 0.3) is 10.4 Å². The number of hydrogen-bond acceptors (Lipinski definition) is 4. The molecular weight excluding hydrogens is 322 g/mol. The van der Waals surface area contributed by atoms with E-state index in [-0.39, 0.29) is 5.91 Å². The van der Waals surface area contributed by atoms with Crippen LogP contribution < -0.4 is 9.47 Å². The topological polar surface area (TPSA) is 38.8 Å². The number of hydrogen-bond donors (Lipinski definition) is 0. The molecule has 0 fully saturated rings. The molecule has 24 heavy (non-hydrogen) atoms. The molecule has 1 aromatic heterocycles. The van der Waals surface area contributed by atoms with Crippen molar-refractivity contribution < 1.29 is 14.3 Å². The van der Waals surface area contributed by atoms with Crippen molar-refractivity contribution in [2.45, 2.75) is 0 Å². The maximum absolute atomic E-state index is 12.6. The van der Waals surface area contributed by atoms with Crippen LogP contribution in [-0.2, 0) is 0 Å². The Morgan fingerprint density at radius 2 is 1.79 bits per heavy atom. The van der Waals surface area contributed by atoms with E-state index in [0.717, 1.165) is 21.9 Å². The molecule has 2 aromatic rings. The highest BCUT2D eigenvalue weighted by atomic mass is 32.1. The fraction of sp³-hybridized carbons (Fsp3) is 0.211. The minimum Gasteiger partial charge on any atom is -0.486 e. The number of rotatable bonds is 6. The number of fused-ring (bicyclic) bond motifs is 1. The van der Waals surface area contributed by atoms with Crippen molar-refractivity contribution in [3.8, 4) is 21.9 Å². The standard InChI is InChI=1S/C19H19NO3S/c1-3-9-20(10-4-2)19(21)18-8-7-17(24-18)14-5-6-15-16(13-14)23-12-11-22-15/h3-8,13H,1-2,9-12H2. The summed E-state index contributed by atoms with van der Waals surface area (Å²) in [6.45, 7) is 9.54. The van der Waals surface area contributed by atoms with Gasteiger partial charge >= 0.3 is 0 Å². The summed E-state index contributed by atoms with van der Waals surface area (Å²) in [7, 11) is 0. The molecule has 0 aliphatic carbocycles. The molecule has 0 N–H and O–H groups in total. The smallest absolute Gasteiger partial charge is 0.264 e. The first-order chi connectivity index (χ1) is 11.7. The van der Waals surface area contributed by atoms with E-state index in [2.05, 4.69) is 13.2 Å². The van der Waals surface area contributed by atoms with Gasteiger partial charge in [-0.05, 0) is 35.9 Å². The van der Waals surface area contributed by atoms with Gasteiger partial charge in [-0.15, -0.1) is 24.5 Å². The fourth-order valence-corrected chi connectivity index (χ4v) is 3.48. The van der Waals surface area contributed by atoms with Crippen LogP contribution in [-0.4, -0.2) is 37.1 Å². The van der Waals surface area contributed by atoms with Crippen molar-refractivity contribution in [1.29, 1.82) is 0 Å². The Morgan fingerprint density at radius 3 is 2.50 bits per heavy atom. The summed E-state index contributed by atoms with van der Waals surface area (Å²) < 4.78 is 11.2. The quantitative estimate of drug-likeness (QED) is 0.746. The average molecular weight is 341 g/mol. The van der Waals surface area contributed by atoms with E-state index in [9.17, 15) is 4.79 Å². The number of carbonyl (C=O) groups is 1. The Hall–Kier alpha value is -2.53. The Balaban J connectivity index is 1.83. The van der Waals surface area contributed by atoms with Crippen molar-refractivity contribution in [3.63, 3.8) is 0 Å². The van der Waals surface area contributed by atoms with Crippen molar-refractivity contribution in [2.75, 3.05) is 26.3 Å². The molecule has 0 spiro atoms. The van der Waals surface area contributed by atoms with Gasteiger partial charge in [-0.2, -0.15) is 0 Å². The van der Waals surface area contributed by atoms with Gasteiger partial charge in [0, 0.05) is 18.0 Å². The van der Waals surface area contributed by atoms with Crippen LogP contribution in [0.15, 0.2) is 55.6 Å². The van der Waals surface area contributed by atoms with Gasteiger partial charge < -0.3 is 14.4 Å². The molecule has 1 amide bonds. The molecule has 1 aliphatic heterocycles. The lowest BCUT2D eigenvalue weighted by Crippen LogP contribution is -2.30. The molecule has 0 unspecified atom stereocenters. The van der Waals surface area contributed by atoms with E-state index >= 15 is 0 Å². The van der Waals surface area contributed by atoms with E-state index in [1.165, 1.54) is 11.3 Å². The van der Waals surface area contributed by atoms with Crippen LogP contribution in [0.2, 0.25) is 0 Å². The van der Waals surface area contributed by atoms with Gasteiger partial charge in [-0.25, -0.2) is 0 Å². The molecule has 0 saturated carbocycles. The molecule has 0 radical (unpaired) electrons. The Labute approximate surface area is 145 Å². The maximum atomic E-state index is 12.6. The zero-order valence-electron chi connectivity index (χ0n) is 13.4. The Bertz CT molecular complexity index is 756. The Morgan fingerprint density at radius 1 is 1.08 bits per heavy atom. The molecule has 4 nitrogen and oxygen atoms in total. The highest BCUT2D eigenvalue weighted by molar-refractivity contribution is 7.17. The number of thiophene rings is 1. The number of carbonyl (C=O) groups excluding carboxylic acids is 1. The lowest BCUT2D eigenvalue weighted by molar-refractivity contribution is 0.0795. The van der Waals surface area contributed by atoms with Crippen LogP contribution in [0, 0.1) is 0 Å². The fourth-order valence-electron chi connectivity index (χ4n) is 2.51. The first kappa shape index (κ1) is 16.3. The molecule has 0 atom stereocenters. The van der Waals surface area contributed by atoms with Gasteiger partial charge in [0.15, 0.2) is 11.5 Å². The molecule has 1 aromatic carbocycles. The van der Waals surface area contributed by atoms with Gasteiger partial charge in [-0.3, -0.25) is 4.79 Å². The van der Waals surface area contributed by atoms with Gasteiger partial charge in [0.05, 0.1) is 4.88 Å². The summed E-state index contributed by atoms with van der Waals surface area (Å²) in [4.78, 5) is 16.0. The molecule has 1 aliphatic rings. The van der Waals surface area contributed by atoms with Gasteiger partial charge in [0.1, 0.15) is 13.2 Å². The molecule has 3 rings (SSSR count). The number of nitrogens with zero attached hydrogens (tertiary/aromatic N) is 1. The van der Waals surface area contributed by atoms with Crippen molar-refractivity contribution in [2.24, 2.45) is 0 Å². The largest absolute Gasteiger partial charge is 0.486 e. The minimum absolute atomic E-state index is 0.0106. The number of amides is 1. The predicted molar refractivity (Wildman–Crippen MR) is 97.0 cm³/mol. The van der Waals surface area contributed by atoms with Crippen molar-refractivity contribution in [1.82, 2.24) is 4.90 Å². The van der Waals surface area contributed by atoms with Crippen LogP contribution in [0.4, 0.5) is 0 Å². The number of ether oxygens (including phenoxy) is 2. The van der Waals surface area contributed by atoms with Gasteiger partial charge in [0.2, 0.25) is 0 Å². The van der Waals surface area contributed by atoms with Crippen molar-refractivity contribution >= 4 is 17.2 Å². The third-order valence-electron chi connectivity index (χ3n) is 3.63. The summed E-state index contributed by atoms with van der Waals surface area (Å²) >= 11 is 1.47. The van der Waals surface area contributed by atoms with Crippen molar-refractivity contribution in [3.05, 3.63) is 60.5 Å². The summed E-state index contributed by atoms with van der Waals surface area (Å²) in [5.41, 5.74) is 1.02. The molecule has 0 bridgehead atoms. The van der Waals surface area contributed by atoms with E-state index in [0.29, 0.717) is 31.2 Å². The van der Waals surface area contributed by atoms with Crippen LogP contribution >= 0.6 is 11.3 Å². The van der Waals surface area contributed by atoms with E-state index in [1.807, 2.05) is 30.3 Å². The second kappa shape index (κ2) is 7.36. The maximum Gasteiger partial charge on any atom is 0.264 e.